The fraction of sp³-hybridized carbons (Fsp3) is 0.167. The van der Waals surface area contributed by atoms with Gasteiger partial charge in [-0.1, -0.05) is 0 Å². The van der Waals surface area contributed by atoms with Crippen LogP contribution in [0.4, 0.5) is 4.79 Å². The van der Waals surface area contributed by atoms with Crippen LogP contribution in [0.25, 0.3) is 0 Å². The number of amides is 1. The Bertz CT molecular complexity index is 184. The second-order valence-electron chi connectivity index (χ2n) is 1.95. The Balaban J connectivity index is 2.62. The van der Waals surface area contributed by atoms with Crippen molar-refractivity contribution in [3.63, 3.8) is 0 Å². The van der Waals surface area contributed by atoms with E-state index in [1.165, 1.54) is 12.4 Å². The van der Waals surface area contributed by atoms with Crippen LogP contribution in [0.15, 0.2) is 24.8 Å². The number of nitrogens with zero attached hydrogens (tertiary/aromatic N) is 2. The second-order valence-corrected chi connectivity index (χ2v) is 1.95. The van der Waals surface area contributed by atoms with E-state index in [1.807, 2.05) is 7.05 Å². The fourth-order valence-electron chi connectivity index (χ4n) is 0.581. The summed E-state index contributed by atoms with van der Waals surface area (Å²) in [7, 11) is 1.83. The highest BCUT2D eigenvalue weighted by Gasteiger charge is 2.06. The Morgan fingerprint density at radius 2 is 1.80 bits per heavy atom. The molecular formula is C6H8N2O2. The van der Waals surface area contributed by atoms with Gasteiger partial charge in [-0.25, -0.2) is 4.79 Å². The third kappa shape index (κ3) is 1.28. The molecule has 4 heteroatoms. The molecule has 0 fully saturated rings. The van der Waals surface area contributed by atoms with E-state index in [0.717, 1.165) is 4.90 Å². The van der Waals surface area contributed by atoms with Gasteiger partial charge in [0.1, 0.15) is 0 Å². The largest absolute Gasteiger partial charge is 0.464 e. The Morgan fingerprint density at radius 3 is 2.20 bits per heavy atom. The summed E-state index contributed by atoms with van der Waals surface area (Å²) in [5, 5.41) is 8.43. The number of carboxylic acid groups (broad SMARTS) is 1. The van der Waals surface area contributed by atoms with Crippen LogP contribution in [-0.2, 0) is 0 Å². The molecule has 1 rings (SSSR count). The normalized spacial score (nSPS) is 16.1. The highest BCUT2D eigenvalue weighted by Crippen LogP contribution is 2.01. The number of carbonyl (C=O) groups is 1. The molecule has 1 aliphatic rings. The quantitative estimate of drug-likeness (QED) is 0.542. The molecule has 0 aromatic carbocycles. The van der Waals surface area contributed by atoms with E-state index in [4.69, 9.17) is 5.11 Å². The molecule has 4 nitrogen and oxygen atoms in total. The molecule has 1 heterocycles. The van der Waals surface area contributed by atoms with Crippen molar-refractivity contribution < 1.29 is 9.90 Å². The fourth-order valence-corrected chi connectivity index (χ4v) is 0.581. The van der Waals surface area contributed by atoms with Crippen LogP contribution in [0.2, 0.25) is 0 Å². The summed E-state index contributed by atoms with van der Waals surface area (Å²) < 4.78 is 0. The Morgan fingerprint density at radius 1 is 1.30 bits per heavy atom. The van der Waals surface area contributed by atoms with Crippen LogP contribution in [0, 0.1) is 0 Å². The molecule has 54 valence electrons. The Kier molecular flexibility index (Phi) is 1.62. The van der Waals surface area contributed by atoms with E-state index in [2.05, 4.69) is 0 Å². The molecular weight excluding hydrogens is 132 g/mol. The molecule has 0 radical (unpaired) electrons. The number of rotatable bonds is 0. The van der Waals surface area contributed by atoms with Crippen molar-refractivity contribution in [2.75, 3.05) is 7.05 Å². The van der Waals surface area contributed by atoms with E-state index in [9.17, 15) is 4.79 Å². The number of hydrogen-bond donors (Lipinski definition) is 1. The molecule has 0 unspecified atom stereocenters. The lowest BCUT2D eigenvalue weighted by Crippen LogP contribution is -2.21. The van der Waals surface area contributed by atoms with Gasteiger partial charge in [0.15, 0.2) is 0 Å². The predicted molar refractivity (Wildman–Crippen MR) is 35.9 cm³/mol. The zero-order chi connectivity index (χ0) is 7.56. The van der Waals surface area contributed by atoms with Crippen molar-refractivity contribution in [1.82, 2.24) is 9.80 Å². The molecule has 0 spiro atoms. The molecule has 0 aromatic heterocycles. The van der Waals surface area contributed by atoms with Gasteiger partial charge in [-0.15, -0.1) is 0 Å². The minimum Gasteiger partial charge on any atom is -0.464 e. The van der Waals surface area contributed by atoms with Gasteiger partial charge in [-0.05, 0) is 0 Å². The van der Waals surface area contributed by atoms with Crippen molar-refractivity contribution >= 4 is 6.09 Å². The van der Waals surface area contributed by atoms with Crippen LogP contribution in [0.3, 0.4) is 0 Å². The minimum atomic E-state index is -0.972. The Hall–Kier alpha value is -1.45. The van der Waals surface area contributed by atoms with Crippen molar-refractivity contribution in [2.45, 2.75) is 0 Å². The first-order valence-electron chi connectivity index (χ1n) is 2.80. The van der Waals surface area contributed by atoms with Crippen LogP contribution in [0.1, 0.15) is 0 Å². The molecule has 1 N–H and O–H groups in total. The topological polar surface area (TPSA) is 43.8 Å². The van der Waals surface area contributed by atoms with Gasteiger partial charge in [0.25, 0.3) is 0 Å². The van der Waals surface area contributed by atoms with E-state index < -0.39 is 6.09 Å². The zero-order valence-corrected chi connectivity index (χ0v) is 5.56. The zero-order valence-electron chi connectivity index (χ0n) is 5.56. The third-order valence-corrected chi connectivity index (χ3v) is 1.15. The predicted octanol–water partition coefficient (Wildman–Crippen LogP) is 0.854. The molecule has 1 amide bonds. The lowest BCUT2D eigenvalue weighted by molar-refractivity contribution is 0.174. The summed E-state index contributed by atoms with van der Waals surface area (Å²) in [4.78, 5) is 13.1. The summed E-state index contributed by atoms with van der Waals surface area (Å²) in [5.74, 6) is 0. The van der Waals surface area contributed by atoms with Crippen LogP contribution in [-0.4, -0.2) is 28.0 Å². The first-order valence-corrected chi connectivity index (χ1v) is 2.80. The average Bonchev–Trinajstić information content (AvgIpc) is 1.88. The lowest BCUT2D eigenvalue weighted by Gasteiger charge is -2.17. The molecule has 0 saturated heterocycles. The van der Waals surface area contributed by atoms with Gasteiger partial charge in [0.2, 0.25) is 0 Å². The van der Waals surface area contributed by atoms with E-state index >= 15 is 0 Å². The molecule has 0 aromatic rings. The molecule has 10 heavy (non-hydrogen) atoms. The molecule has 0 aliphatic carbocycles. The second kappa shape index (κ2) is 2.43. The standard InChI is InChI=1S/C6H8N2O2/c1-7-2-4-8(5-3-7)6(9)10/h2-5H,1H3,(H,9,10). The van der Waals surface area contributed by atoms with Crippen molar-refractivity contribution in [2.24, 2.45) is 0 Å². The summed E-state index contributed by atoms with van der Waals surface area (Å²) in [6, 6.07) is 0. The average molecular weight is 140 g/mol. The van der Waals surface area contributed by atoms with Crippen LogP contribution < -0.4 is 0 Å². The number of hydrogen-bond acceptors (Lipinski definition) is 2. The smallest absolute Gasteiger partial charge is 0.415 e. The first kappa shape index (κ1) is 6.67. The maximum atomic E-state index is 10.3. The van der Waals surface area contributed by atoms with Gasteiger partial charge < -0.3 is 10.0 Å². The minimum absolute atomic E-state index is 0.972. The maximum Gasteiger partial charge on any atom is 0.415 e. The summed E-state index contributed by atoms with van der Waals surface area (Å²) in [5.41, 5.74) is 0. The summed E-state index contributed by atoms with van der Waals surface area (Å²) >= 11 is 0. The third-order valence-electron chi connectivity index (χ3n) is 1.15. The summed E-state index contributed by atoms with van der Waals surface area (Å²) in [6.07, 6.45) is 5.30. The lowest BCUT2D eigenvalue weighted by atomic mass is 10.6. The SMILES string of the molecule is CN1C=CN(C(=O)O)C=C1. The first-order chi connectivity index (χ1) is 4.70. The highest BCUT2D eigenvalue weighted by atomic mass is 16.4. The molecule has 1 aliphatic heterocycles. The van der Waals surface area contributed by atoms with Gasteiger partial charge in [-0.3, -0.25) is 4.90 Å². The van der Waals surface area contributed by atoms with Crippen molar-refractivity contribution in [1.29, 1.82) is 0 Å². The van der Waals surface area contributed by atoms with Gasteiger partial charge in [0.05, 0.1) is 0 Å². The van der Waals surface area contributed by atoms with Gasteiger partial charge in [0, 0.05) is 31.8 Å². The van der Waals surface area contributed by atoms with Gasteiger partial charge in [-0.2, -0.15) is 0 Å². The van der Waals surface area contributed by atoms with E-state index in [1.54, 1.807) is 17.3 Å². The molecule has 0 saturated carbocycles. The highest BCUT2D eigenvalue weighted by molar-refractivity contribution is 5.67. The van der Waals surface area contributed by atoms with Crippen molar-refractivity contribution in [3.8, 4) is 0 Å². The van der Waals surface area contributed by atoms with Crippen LogP contribution in [0.5, 0.6) is 0 Å². The van der Waals surface area contributed by atoms with Gasteiger partial charge >= 0.3 is 6.09 Å². The van der Waals surface area contributed by atoms with Crippen molar-refractivity contribution in [3.05, 3.63) is 24.8 Å². The molecule has 0 atom stereocenters. The summed E-state index contributed by atoms with van der Waals surface area (Å²) in [6.45, 7) is 0. The molecule has 0 bridgehead atoms. The maximum absolute atomic E-state index is 10.3. The Labute approximate surface area is 58.7 Å². The monoisotopic (exact) mass is 140 g/mol. The van der Waals surface area contributed by atoms with Crippen LogP contribution >= 0.6 is 0 Å². The van der Waals surface area contributed by atoms with E-state index in [0.29, 0.717) is 0 Å². The van der Waals surface area contributed by atoms with E-state index in [-0.39, 0.29) is 0 Å².